The van der Waals surface area contributed by atoms with Gasteiger partial charge in [0.05, 0.1) is 17.5 Å². The summed E-state index contributed by atoms with van der Waals surface area (Å²) in [5.41, 5.74) is 5.69. The van der Waals surface area contributed by atoms with E-state index in [2.05, 4.69) is 5.32 Å². The van der Waals surface area contributed by atoms with E-state index in [1.807, 2.05) is 0 Å². The van der Waals surface area contributed by atoms with Gasteiger partial charge in [0.15, 0.2) is 11.6 Å². The molecule has 1 aromatic rings. The molecular weight excluding hydrogens is 202 g/mol. The van der Waals surface area contributed by atoms with Crippen LogP contribution in [0.1, 0.15) is 12.8 Å². The van der Waals surface area contributed by atoms with E-state index in [0.29, 0.717) is 12.8 Å². The fourth-order valence-electron chi connectivity index (χ4n) is 1.62. The molecule has 0 atom stereocenters. The molecule has 0 radical (unpaired) electrons. The number of anilines is 2. The van der Waals surface area contributed by atoms with E-state index < -0.39 is 11.6 Å². The van der Waals surface area contributed by atoms with Gasteiger partial charge in [-0.2, -0.15) is 0 Å². The topological polar surface area (TPSA) is 58.3 Å². The van der Waals surface area contributed by atoms with Crippen molar-refractivity contribution in [1.82, 2.24) is 0 Å². The van der Waals surface area contributed by atoms with Gasteiger partial charge in [0, 0.05) is 6.04 Å². The molecule has 0 amide bonds. The van der Waals surface area contributed by atoms with Crippen molar-refractivity contribution < 1.29 is 13.9 Å². The maximum absolute atomic E-state index is 13.3. The van der Waals surface area contributed by atoms with E-state index in [9.17, 15) is 8.78 Å². The van der Waals surface area contributed by atoms with Crippen LogP contribution >= 0.6 is 0 Å². The fourth-order valence-corrected chi connectivity index (χ4v) is 1.62. The summed E-state index contributed by atoms with van der Waals surface area (Å²) in [6.45, 7) is 0. The van der Waals surface area contributed by atoms with Crippen LogP contribution in [0.4, 0.5) is 20.2 Å². The van der Waals surface area contributed by atoms with Gasteiger partial charge in [-0.3, -0.25) is 0 Å². The number of nitrogen functional groups attached to an aromatic ring is 1. The van der Waals surface area contributed by atoms with Crippen LogP contribution in [-0.4, -0.2) is 17.3 Å². The van der Waals surface area contributed by atoms with Gasteiger partial charge in [-0.25, -0.2) is 8.78 Å². The highest BCUT2D eigenvalue weighted by Crippen LogP contribution is 2.30. The van der Waals surface area contributed by atoms with Gasteiger partial charge in [0.25, 0.3) is 0 Å². The molecule has 0 aliphatic heterocycles. The normalized spacial score (nSPS) is 24.7. The summed E-state index contributed by atoms with van der Waals surface area (Å²) in [5.74, 6) is -1.89. The number of nitrogens with one attached hydrogen (secondary N) is 1. The molecule has 2 rings (SSSR count). The lowest BCUT2D eigenvalue weighted by Crippen LogP contribution is -2.39. The number of benzene rings is 1. The highest BCUT2D eigenvalue weighted by atomic mass is 19.2. The Labute approximate surface area is 85.9 Å². The lowest BCUT2D eigenvalue weighted by molar-refractivity contribution is 0.0835. The van der Waals surface area contributed by atoms with Crippen molar-refractivity contribution in [3.8, 4) is 0 Å². The molecule has 1 saturated carbocycles. The molecule has 0 bridgehead atoms. The molecule has 4 N–H and O–H groups in total. The minimum atomic E-state index is -0.962. The van der Waals surface area contributed by atoms with Gasteiger partial charge in [-0.05, 0) is 25.0 Å². The summed E-state index contributed by atoms with van der Waals surface area (Å²) < 4.78 is 26.2. The summed E-state index contributed by atoms with van der Waals surface area (Å²) in [6.07, 6.45) is 0.727. The Kier molecular flexibility index (Phi) is 2.48. The Hall–Kier alpha value is -1.36. The molecular formula is C10H12F2N2O. The Morgan fingerprint density at radius 3 is 2.60 bits per heavy atom. The first-order chi connectivity index (χ1) is 7.08. The third kappa shape index (κ3) is 1.87. The lowest BCUT2D eigenvalue weighted by Gasteiger charge is -2.33. The molecule has 1 aliphatic carbocycles. The van der Waals surface area contributed by atoms with Crippen LogP contribution in [-0.2, 0) is 0 Å². The minimum Gasteiger partial charge on any atom is -0.397 e. The Morgan fingerprint density at radius 1 is 1.33 bits per heavy atom. The highest BCUT2D eigenvalue weighted by Gasteiger charge is 2.28. The van der Waals surface area contributed by atoms with Crippen LogP contribution in [0.25, 0.3) is 0 Å². The molecule has 1 aliphatic rings. The van der Waals surface area contributed by atoms with Crippen molar-refractivity contribution in [2.24, 2.45) is 0 Å². The van der Waals surface area contributed by atoms with E-state index in [1.54, 1.807) is 0 Å². The number of aliphatic hydroxyl groups excluding tert-OH is 1. The first kappa shape index (κ1) is 10.2. The van der Waals surface area contributed by atoms with Gasteiger partial charge >= 0.3 is 0 Å². The second-order valence-corrected chi connectivity index (χ2v) is 3.79. The average molecular weight is 214 g/mol. The SMILES string of the molecule is Nc1ccc(F)c(F)c1NC1CC(O)C1. The van der Waals surface area contributed by atoms with Crippen LogP contribution in [0.3, 0.4) is 0 Å². The van der Waals surface area contributed by atoms with Crippen molar-refractivity contribution in [3.63, 3.8) is 0 Å². The van der Waals surface area contributed by atoms with Gasteiger partial charge in [-0.1, -0.05) is 0 Å². The van der Waals surface area contributed by atoms with Gasteiger partial charge in [0.2, 0.25) is 0 Å². The largest absolute Gasteiger partial charge is 0.397 e. The summed E-state index contributed by atoms with van der Waals surface area (Å²) >= 11 is 0. The lowest BCUT2D eigenvalue weighted by atomic mass is 9.89. The number of hydrogen-bond donors (Lipinski definition) is 3. The van der Waals surface area contributed by atoms with E-state index in [-0.39, 0.29) is 23.5 Å². The zero-order chi connectivity index (χ0) is 11.0. The van der Waals surface area contributed by atoms with Crippen molar-refractivity contribution >= 4 is 11.4 Å². The third-order valence-electron chi connectivity index (χ3n) is 2.59. The quantitative estimate of drug-likeness (QED) is 0.653. The second kappa shape index (κ2) is 3.66. The Bertz CT molecular complexity index is 378. The number of halogens is 2. The van der Waals surface area contributed by atoms with Crippen molar-refractivity contribution in [2.75, 3.05) is 11.1 Å². The molecule has 15 heavy (non-hydrogen) atoms. The number of aliphatic hydroxyl groups is 1. The first-order valence-electron chi connectivity index (χ1n) is 4.76. The molecule has 0 heterocycles. The van der Waals surface area contributed by atoms with Crippen LogP contribution in [0.15, 0.2) is 12.1 Å². The molecule has 0 aromatic heterocycles. The van der Waals surface area contributed by atoms with Crippen molar-refractivity contribution in [2.45, 2.75) is 25.0 Å². The predicted molar refractivity (Wildman–Crippen MR) is 53.4 cm³/mol. The van der Waals surface area contributed by atoms with E-state index in [1.165, 1.54) is 6.07 Å². The average Bonchev–Trinajstić information content (AvgIpc) is 2.15. The number of hydrogen-bond acceptors (Lipinski definition) is 3. The fraction of sp³-hybridized carbons (Fsp3) is 0.400. The summed E-state index contributed by atoms with van der Waals surface area (Å²) in [7, 11) is 0. The summed E-state index contributed by atoms with van der Waals surface area (Å²) in [4.78, 5) is 0. The molecule has 1 fully saturated rings. The molecule has 0 spiro atoms. The standard InChI is InChI=1S/C10H12F2N2O/c11-7-1-2-8(13)10(9(7)12)14-5-3-6(15)4-5/h1-2,5-6,14-15H,3-4,13H2. The zero-order valence-corrected chi connectivity index (χ0v) is 8.00. The zero-order valence-electron chi connectivity index (χ0n) is 8.00. The maximum atomic E-state index is 13.3. The van der Waals surface area contributed by atoms with Crippen LogP contribution in [0, 0.1) is 11.6 Å². The third-order valence-corrected chi connectivity index (χ3v) is 2.59. The van der Waals surface area contributed by atoms with Crippen LogP contribution in [0.2, 0.25) is 0 Å². The molecule has 0 unspecified atom stereocenters. The highest BCUT2D eigenvalue weighted by molar-refractivity contribution is 5.67. The van der Waals surface area contributed by atoms with E-state index in [4.69, 9.17) is 10.8 Å². The maximum Gasteiger partial charge on any atom is 0.183 e. The van der Waals surface area contributed by atoms with Gasteiger partial charge < -0.3 is 16.2 Å². The first-order valence-corrected chi connectivity index (χ1v) is 4.76. The van der Waals surface area contributed by atoms with E-state index in [0.717, 1.165) is 6.07 Å². The van der Waals surface area contributed by atoms with Gasteiger partial charge in [0.1, 0.15) is 0 Å². The molecule has 3 nitrogen and oxygen atoms in total. The monoisotopic (exact) mass is 214 g/mol. The minimum absolute atomic E-state index is 0.00750. The molecule has 0 saturated heterocycles. The van der Waals surface area contributed by atoms with Crippen molar-refractivity contribution in [1.29, 1.82) is 0 Å². The molecule has 5 heteroatoms. The predicted octanol–water partition coefficient (Wildman–Crippen LogP) is 1.48. The van der Waals surface area contributed by atoms with E-state index >= 15 is 0 Å². The van der Waals surface area contributed by atoms with Crippen LogP contribution < -0.4 is 11.1 Å². The van der Waals surface area contributed by atoms with Crippen LogP contribution in [0.5, 0.6) is 0 Å². The smallest absolute Gasteiger partial charge is 0.183 e. The molecule has 1 aromatic carbocycles. The number of rotatable bonds is 2. The second-order valence-electron chi connectivity index (χ2n) is 3.79. The summed E-state index contributed by atoms with van der Waals surface area (Å²) in [5, 5.41) is 11.8. The number of nitrogens with two attached hydrogens (primary N) is 1. The molecule has 82 valence electrons. The summed E-state index contributed by atoms with van der Waals surface area (Å²) in [6, 6.07) is 2.28. The Morgan fingerprint density at radius 2 is 2.00 bits per heavy atom. The van der Waals surface area contributed by atoms with Gasteiger partial charge in [-0.15, -0.1) is 0 Å². The van der Waals surface area contributed by atoms with Crippen molar-refractivity contribution in [3.05, 3.63) is 23.8 Å². The Balaban J connectivity index is 2.16.